The number of fused-ring (bicyclic) bond motifs is 1. The molecule has 4 N–H and O–H groups in total. The van der Waals surface area contributed by atoms with Crippen LogP contribution in [0.5, 0.6) is 5.75 Å². The molecule has 2 aromatic carbocycles. The Morgan fingerprint density at radius 2 is 1.95 bits per heavy atom. The predicted molar refractivity (Wildman–Crippen MR) is 144 cm³/mol. The molecular formula is C27H26N8O4. The monoisotopic (exact) mass is 526 g/mol. The van der Waals surface area contributed by atoms with Gasteiger partial charge in [0.1, 0.15) is 17.9 Å². The van der Waals surface area contributed by atoms with E-state index in [-0.39, 0.29) is 30.6 Å². The highest BCUT2D eigenvalue weighted by Gasteiger charge is 2.33. The van der Waals surface area contributed by atoms with Gasteiger partial charge in [-0.05, 0) is 35.4 Å². The van der Waals surface area contributed by atoms with E-state index < -0.39 is 5.91 Å². The minimum atomic E-state index is -0.658. The van der Waals surface area contributed by atoms with Gasteiger partial charge in [-0.2, -0.15) is 10.1 Å². The summed E-state index contributed by atoms with van der Waals surface area (Å²) in [7, 11) is 1.80. The van der Waals surface area contributed by atoms with Gasteiger partial charge in [0.2, 0.25) is 0 Å². The molecule has 1 aliphatic heterocycles. The van der Waals surface area contributed by atoms with Gasteiger partial charge in [0, 0.05) is 32.3 Å². The molecule has 4 heterocycles. The van der Waals surface area contributed by atoms with Crippen molar-refractivity contribution in [3.8, 4) is 16.9 Å². The second-order valence-electron chi connectivity index (χ2n) is 9.26. The lowest BCUT2D eigenvalue weighted by molar-refractivity contribution is 0.0995. The molecule has 0 radical (unpaired) electrons. The molecule has 39 heavy (non-hydrogen) atoms. The number of hydrogen-bond donors (Lipinski definition) is 3. The molecule has 1 aliphatic rings. The van der Waals surface area contributed by atoms with Crippen molar-refractivity contribution < 1.29 is 19.1 Å². The van der Waals surface area contributed by atoms with Gasteiger partial charge in [-0.1, -0.05) is 18.2 Å². The SMILES string of the molecule is Cn1cc(Nc2ncc(C3CN(c4nc5ccc(-c6ccc(OCCO)cc6)cc5o4)C3)nc2C(N)=O)cn1. The number of anilines is 3. The van der Waals surface area contributed by atoms with Gasteiger partial charge < -0.3 is 30.2 Å². The first kappa shape index (κ1) is 24.4. The van der Waals surface area contributed by atoms with Gasteiger partial charge in [-0.3, -0.25) is 9.48 Å². The average molecular weight is 527 g/mol. The van der Waals surface area contributed by atoms with E-state index in [9.17, 15) is 4.79 Å². The quantitative estimate of drug-likeness (QED) is 0.261. The number of primary amides is 1. The van der Waals surface area contributed by atoms with Crippen LogP contribution >= 0.6 is 0 Å². The molecule has 1 saturated heterocycles. The number of nitrogens with zero attached hydrogens (tertiary/aromatic N) is 6. The number of oxazole rings is 1. The van der Waals surface area contributed by atoms with Crippen LogP contribution in [0.4, 0.5) is 17.5 Å². The molecule has 1 fully saturated rings. The number of carbonyl (C=O) groups is 1. The smallest absolute Gasteiger partial charge is 0.298 e. The Kier molecular flexibility index (Phi) is 6.29. The number of aromatic nitrogens is 5. The fourth-order valence-electron chi connectivity index (χ4n) is 4.44. The molecule has 198 valence electrons. The van der Waals surface area contributed by atoms with Crippen LogP contribution in [-0.2, 0) is 7.05 Å². The zero-order valence-corrected chi connectivity index (χ0v) is 21.1. The highest BCUT2D eigenvalue weighted by atomic mass is 16.5. The summed E-state index contributed by atoms with van der Waals surface area (Å²) in [5, 5.41) is 16.1. The first-order chi connectivity index (χ1) is 19.0. The minimum Gasteiger partial charge on any atom is -0.491 e. The lowest BCUT2D eigenvalue weighted by Crippen LogP contribution is -2.45. The molecule has 0 aliphatic carbocycles. The van der Waals surface area contributed by atoms with Crippen molar-refractivity contribution in [3.05, 3.63) is 72.4 Å². The molecule has 1 amide bonds. The lowest BCUT2D eigenvalue weighted by Gasteiger charge is -2.37. The van der Waals surface area contributed by atoms with Crippen LogP contribution in [0.1, 0.15) is 22.1 Å². The third-order valence-corrected chi connectivity index (χ3v) is 6.49. The van der Waals surface area contributed by atoms with Crippen molar-refractivity contribution in [2.24, 2.45) is 12.8 Å². The van der Waals surface area contributed by atoms with Crippen LogP contribution < -0.4 is 20.7 Å². The second-order valence-corrected chi connectivity index (χ2v) is 9.26. The number of carbonyl (C=O) groups excluding carboxylic acids is 1. The largest absolute Gasteiger partial charge is 0.491 e. The second kappa shape index (κ2) is 10.1. The van der Waals surface area contributed by atoms with Crippen molar-refractivity contribution in [1.29, 1.82) is 0 Å². The summed E-state index contributed by atoms with van der Waals surface area (Å²) in [6.45, 7) is 1.48. The van der Waals surface area contributed by atoms with E-state index in [1.807, 2.05) is 47.4 Å². The summed E-state index contributed by atoms with van der Waals surface area (Å²) >= 11 is 0. The van der Waals surface area contributed by atoms with Crippen molar-refractivity contribution >= 4 is 34.5 Å². The zero-order chi connectivity index (χ0) is 26.9. The molecule has 0 bridgehead atoms. The Morgan fingerprint density at radius 1 is 1.15 bits per heavy atom. The third-order valence-electron chi connectivity index (χ3n) is 6.49. The van der Waals surface area contributed by atoms with Crippen molar-refractivity contribution in [2.75, 3.05) is 36.5 Å². The first-order valence-electron chi connectivity index (χ1n) is 12.4. The van der Waals surface area contributed by atoms with Crippen LogP contribution in [0.3, 0.4) is 0 Å². The van der Waals surface area contributed by atoms with Crippen LogP contribution in [0.25, 0.3) is 22.2 Å². The number of aliphatic hydroxyl groups is 1. The standard InChI is InChI=1S/C27H26N8O4/c1-34-15-19(11-30-34)31-26-24(25(28)37)32-22(12-29-26)18-13-35(14-18)27-33-21-7-4-17(10-23(21)39-27)16-2-5-20(6-3-16)38-9-8-36/h2-7,10-12,15,18,36H,8-9,13-14H2,1H3,(H2,28,37)(H,29,31). The Balaban J connectivity index is 1.15. The molecule has 6 rings (SSSR count). The van der Waals surface area contributed by atoms with E-state index in [1.54, 1.807) is 30.3 Å². The Labute approximate surface area is 223 Å². The Morgan fingerprint density at radius 3 is 2.67 bits per heavy atom. The number of aliphatic hydroxyl groups excluding tert-OH is 1. The highest BCUT2D eigenvalue weighted by Crippen LogP contribution is 2.34. The number of hydrogen-bond acceptors (Lipinski definition) is 10. The minimum absolute atomic E-state index is 0.0254. The number of nitrogens with two attached hydrogens (primary N) is 1. The van der Waals surface area contributed by atoms with Crippen molar-refractivity contribution in [1.82, 2.24) is 24.7 Å². The van der Waals surface area contributed by atoms with Gasteiger partial charge in [-0.15, -0.1) is 0 Å². The van der Waals surface area contributed by atoms with E-state index in [4.69, 9.17) is 20.0 Å². The number of aryl methyl sites for hydroxylation is 1. The number of benzene rings is 2. The molecule has 12 heteroatoms. The van der Waals surface area contributed by atoms with Crippen LogP contribution in [0, 0.1) is 0 Å². The van der Waals surface area contributed by atoms with E-state index >= 15 is 0 Å². The molecule has 0 spiro atoms. The topological polar surface area (TPSA) is 157 Å². The highest BCUT2D eigenvalue weighted by molar-refractivity contribution is 5.96. The molecule has 0 atom stereocenters. The predicted octanol–water partition coefficient (Wildman–Crippen LogP) is 2.84. The summed E-state index contributed by atoms with van der Waals surface area (Å²) in [4.78, 5) is 27.7. The summed E-state index contributed by atoms with van der Waals surface area (Å²) in [5.74, 6) is 0.391. The molecule has 12 nitrogen and oxygen atoms in total. The number of nitrogens with one attached hydrogen (secondary N) is 1. The maximum absolute atomic E-state index is 12.1. The fourth-order valence-corrected chi connectivity index (χ4v) is 4.44. The Hall–Kier alpha value is -4.97. The summed E-state index contributed by atoms with van der Waals surface area (Å²) in [5.41, 5.74) is 10.5. The number of rotatable bonds is 9. The zero-order valence-electron chi connectivity index (χ0n) is 21.1. The molecule has 5 aromatic rings. The van der Waals surface area contributed by atoms with Gasteiger partial charge in [0.15, 0.2) is 17.1 Å². The van der Waals surface area contributed by atoms with Crippen molar-refractivity contribution in [3.63, 3.8) is 0 Å². The normalized spacial score (nSPS) is 13.4. The maximum atomic E-state index is 12.1. The molecular weight excluding hydrogens is 500 g/mol. The van der Waals surface area contributed by atoms with Gasteiger partial charge in [0.05, 0.1) is 30.4 Å². The number of amides is 1. The summed E-state index contributed by atoms with van der Waals surface area (Å²) < 4.78 is 13.1. The van der Waals surface area contributed by atoms with Crippen molar-refractivity contribution in [2.45, 2.75) is 5.92 Å². The maximum Gasteiger partial charge on any atom is 0.298 e. The van der Waals surface area contributed by atoms with E-state index in [0.717, 1.165) is 16.6 Å². The lowest BCUT2D eigenvalue weighted by atomic mass is 9.97. The van der Waals surface area contributed by atoms with Gasteiger partial charge >= 0.3 is 0 Å². The third kappa shape index (κ3) is 4.97. The van der Waals surface area contributed by atoms with Crippen LogP contribution in [-0.4, -0.2) is 62.0 Å². The van der Waals surface area contributed by atoms with Crippen LogP contribution in [0.15, 0.2) is 65.5 Å². The van der Waals surface area contributed by atoms with E-state index in [0.29, 0.717) is 41.8 Å². The van der Waals surface area contributed by atoms with Crippen LogP contribution in [0.2, 0.25) is 0 Å². The average Bonchev–Trinajstić information content (AvgIpc) is 3.52. The molecule has 0 unspecified atom stereocenters. The fraction of sp³-hybridized carbons (Fsp3) is 0.222. The number of ether oxygens (including phenoxy) is 1. The summed E-state index contributed by atoms with van der Waals surface area (Å²) in [6.07, 6.45) is 5.05. The molecule has 3 aromatic heterocycles. The van der Waals surface area contributed by atoms with Gasteiger partial charge in [0.25, 0.3) is 11.9 Å². The van der Waals surface area contributed by atoms with Gasteiger partial charge in [-0.25, -0.2) is 9.97 Å². The summed E-state index contributed by atoms with van der Waals surface area (Å²) in [6, 6.07) is 14.1. The van der Waals surface area contributed by atoms with E-state index in [1.165, 1.54) is 0 Å². The van der Waals surface area contributed by atoms with E-state index in [2.05, 4.69) is 25.4 Å². The molecule has 0 saturated carbocycles. The Bertz CT molecular complexity index is 1640. The first-order valence-corrected chi connectivity index (χ1v) is 12.4.